The molecule has 0 fully saturated rings. The second-order valence-corrected chi connectivity index (χ2v) is 10.1. The number of nitrogens with zero attached hydrogens (tertiary/aromatic N) is 1. The zero-order valence-corrected chi connectivity index (χ0v) is 20.0. The first-order chi connectivity index (χ1) is 15.3. The van der Waals surface area contributed by atoms with Crippen LogP contribution in [-0.2, 0) is 10.0 Å². The molecule has 3 aromatic carbocycles. The van der Waals surface area contributed by atoms with E-state index in [4.69, 9.17) is 29.6 Å². The maximum Gasteiger partial charge on any atom is 0.243 e. The van der Waals surface area contributed by atoms with Crippen molar-refractivity contribution in [1.29, 1.82) is 0 Å². The van der Waals surface area contributed by atoms with Crippen molar-refractivity contribution in [2.24, 2.45) is 0 Å². The summed E-state index contributed by atoms with van der Waals surface area (Å²) in [7, 11) is -3.69. The van der Waals surface area contributed by atoms with Crippen LogP contribution >= 0.6 is 23.2 Å². The van der Waals surface area contributed by atoms with Gasteiger partial charge in [0.05, 0.1) is 11.4 Å². The van der Waals surface area contributed by atoms with Crippen molar-refractivity contribution in [2.45, 2.75) is 18.2 Å². The number of benzene rings is 3. The van der Waals surface area contributed by atoms with E-state index >= 15 is 0 Å². The van der Waals surface area contributed by atoms with E-state index in [2.05, 4.69) is 5.92 Å². The fraction of sp³-hybridized carbons (Fsp3) is 0.154. The van der Waals surface area contributed by atoms with E-state index in [0.717, 1.165) is 22.3 Å². The summed E-state index contributed by atoms with van der Waals surface area (Å²) in [5, 5.41) is 1.29. The van der Waals surface area contributed by atoms with Gasteiger partial charge in [-0.1, -0.05) is 77.2 Å². The number of halogens is 2. The second kappa shape index (κ2) is 10.8. The maximum atomic E-state index is 13.1. The van der Waals surface area contributed by atoms with E-state index in [1.165, 1.54) is 4.31 Å². The minimum absolute atomic E-state index is 0.00126. The Labute approximate surface area is 200 Å². The molecule has 0 amide bonds. The predicted molar refractivity (Wildman–Crippen MR) is 133 cm³/mol. The first-order valence-electron chi connectivity index (χ1n) is 10.0. The fourth-order valence-corrected chi connectivity index (χ4v) is 4.88. The molecule has 0 radical (unpaired) electrons. The molecule has 3 nitrogen and oxygen atoms in total. The molecule has 32 heavy (non-hydrogen) atoms. The van der Waals surface area contributed by atoms with Gasteiger partial charge in [0, 0.05) is 16.6 Å². The summed E-state index contributed by atoms with van der Waals surface area (Å²) in [6.07, 6.45) is 7.97. The number of aryl methyl sites for hydroxylation is 1. The van der Waals surface area contributed by atoms with E-state index in [0.29, 0.717) is 16.5 Å². The van der Waals surface area contributed by atoms with Crippen LogP contribution in [0.3, 0.4) is 0 Å². The van der Waals surface area contributed by atoms with Gasteiger partial charge in [-0.25, -0.2) is 8.42 Å². The molecule has 0 unspecified atom stereocenters. The van der Waals surface area contributed by atoms with Gasteiger partial charge in [-0.3, -0.25) is 0 Å². The summed E-state index contributed by atoms with van der Waals surface area (Å²) < 4.78 is 27.5. The van der Waals surface area contributed by atoms with E-state index in [1.807, 2.05) is 61.5 Å². The van der Waals surface area contributed by atoms with E-state index in [-0.39, 0.29) is 18.0 Å². The number of hydrogen-bond donors (Lipinski definition) is 0. The minimum Gasteiger partial charge on any atom is -0.207 e. The Morgan fingerprint density at radius 3 is 1.88 bits per heavy atom. The summed E-state index contributed by atoms with van der Waals surface area (Å²) in [6, 6.07) is 21.8. The van der Waals surface area contributed by atoms with Gasteiger partial charge in [-0.05, 0) is 66.4 Å². The highest BCUT2D eigenvalue weighted by Crippen LogP contribution is 2.27. The Morgan fingerprint density at radius 2 is 1.41 bits per heavy atom. The Balaban J connectivity index is 1.89. The maximum absolute atomic E-state index is 13.1. The summed E-state index contributed by atoms with van der Waals surface area (Å²) in [6.45, 7) is 2.17. The minimum atomic E-state index is -3.69. The molecule has 164 valence electrons. The third kappa shape index (κ3) is 6.03. The van der Waals surface area contributed by atoms with Crippen molar-refractivity contribution < 1.29 is 8.42 Å². The molecule has 0 aliphatic carbocycles. The van der Waals surface area contributed by atoms with Crippen LogP contribution in [0.25, 0.3) is 5.57 Å². The molecule has 0 saturated carbocycles. The summed E-state index contributed by atoms with van der Waals surface area (Å²) in [4.78, 5) is 0.234. The molecule has 0 aliphatic heterocycles. The third-order valence-electron chi connectivity index (χ3n) is 4.96. The van der Waals surface area contributed by atoms with Crippen LogP contribution in [0.15, 0.2) is 83.8 Å². The van der Waals surface area contributed by atoms with Crippen molar-refractivity contribution in [3.8, 4) is 12.3 Å². The molecular weight excluding hydrogens is 461 g/mol. The molecule has 0 atom stereocenters. The van der Waals surface area contributed by atoms with Crippen molar-refractivity contribution in [2.75, 3.05) is 13.1 Å². The van der Waals surface area contributed by atoms with Crippen molar-refractivity contribution in [3.05, 3.63) is 106 Å². The highest BCUT2D eigenvalue weighted by molar-refractivity contribution is 7.89. The lowest BCUT2D eigenvalue weighted by atomic mass is 9.97. The van der Waals surface area contributed by atoms with E-state index in [1.54, 1.807) is 24.3 Å². The number of hydrogen-bond acceptors (Lipinski definition) is 2. The average Bonchev–Trinajstić information content (AvgIpc) is 2.78. The van der Waals surface area contributed by atoms with Gasteiger partial charge in [-0.2, -0.15) is 4.31 Å². The van der Waals surface area contributed by atoms with Crippen LogP contribution in [0.4, 0.5) is 0 Å². The summed E-state index contributed by atoms with van der Waals surface area (Å²) in [5.74, 6) is 2.47. The molecule has 0 saturated heterocycles. The van der Waals surface area contributed by atoms with Gasteiger partial charge < -0.3 is 0 Å². The average molecular weight is 484 g/mol. The lowest BCUT2D eigenvalue weighted by molar-refractivity contribution is 0.452. The van der Waals surface area contributed by atoms with Gasteiger partial charge >= 0.3 is 0 Å². The number of sulfonamides is 1. The third-order valence-corrected chi connectivity index (χ3v) is 7.33. The monoisotopic (exact) mass is 483 g/mol. The molecule has 3 aromatic rings. The Kier molecular flexibility index (Phi) is 8.17. The van der Waals surface area contributed by atoms with Gasteiger partial charge in [0.15, 0.2) is 0 Å². The van der Waals surface area contributed by atoms with Crippen molar-refractivity contribution in [1.82, 2.24) is 4.31 Å². The van der Waals surface area contributed by atoms with E-state index < -0.39 is 10.0 Å². The van der Waals surface area contributed by atoms with Gasteiger partial charge in [0.25, 0.3) is 0 Å². The lowest BCUT2D eigenvalue weighted by Gasteiger charge is -2.20. The normalized spacial score (nSPS) is 11.2. The molecular formula is C26H23Cl2NO2S. The van der Waals surface area contributed by atoms with E-state index in [9.17, 15) is 8.42 Å². The smallest absolute Gasteiger partial charge is 0.207 e. The van der Waals surface area contributed by atoms with Gasteiger partial charge in [-0.15, -0.1) is 6.42 Å². The van der Waals surface area contributed by atoms with Gasteiger partial charge in [0.1, 0.15) is 0 Å². The molecule has 6 heteroatoms. The van der Waals surface area contributed by atoms with Crippen LogP contribution in [0.2, 0.25) is 10.0 Å². The van der Waals surface area contributed by atoms with Crippen LogP contribution in [0.5, 0.6) is 0 Å². The van der Waals surface area contributed by atoms with Crippen LogP contribution < -0.4 is 0 Å². The molecule has 0 aromatic heterocycles. The second-order valence-electron chi connectivity index (χ2n) is 7.28. The quantitative estimate of drug-likeness (QED) is 0.345. The highest BCUT2D eigenvalue weighted by Gasteiger charge is 2.23. The highest BCUT2D eigenvalue weighted by atomic mass is 35.5. The molecule has 0 bridgehead atoms. The largest absolute Gasteiger partial charge is 0.243 e. The van der Waals surface area contributed by atoms with Crippen LogP contribution in [0, 0.1) is 19.3 Å². The predicted octanol–water partition coefficient (Wildman–Crippen LogP) is 6.45. The summed E-state index contributed by atoms with van der Waals surface area (Å²) >= 11 is 12.1. The molecule has 0 N–H and O–H groups in total. The Morgan fingerprint density at radius 1 is 0.906 bits per heavy atom. The molecule has 0 spiro atoms. The first kappa shape index (κ1) is 24.1. The number of terminal acetylenes is 1. The zero-order valence-electron chi connectivity index (χ0n) is 17.6. The van der Waals surface area contributed by atoms with Crippen LogP contribution in [0.1, 0.15) is 23.1 Å². The standard InChI is InChI=1S/C26H23Cl2NO2S/c1-3-18-29(32(30,31)25-16-6-20(2)7-17-25)19-4-5-26(21-8-12-23(27)13-9-21)22-10-14-24(28)15-11-22/h1,5-17H,4,18-19H2,2H3. The molecule has 0 heterocycles. The van der Waals surface area contributed by atoms with Crippen molar-refractivity contribution in [3.63, 3.8) is 0 Å². The van der Waals surface area contributed by atoms with Gasteiger partial charge in [0.2, 0.25) is 10.0 Å². The molecule has 0 aliphatic rings. The number of rotatable bonds is 8. The topological polar surface area (TPSA) is 37.4 Å². The molecule has 3 rings (SSSR count). The fourth-order valence-electron chi connectivity index (χ4n) is 3.26. The Hall–Kier alpha value is -2.55. The zero-order chi connectivity index (χ0) is 23.1. The summed E-state index contributed by atoms with van der Waals surface area (Å²) in [5.41, 5.74) is 3.90. The SMILES string of the molecule is C#CCN(CCC=C(c1ccc(Cl)cc1)c1ccc(Cl)cc1)S(=O)(=O)c1ccc(C)cc1. The lowest BCUT2D eigenvalue weighted by Crippen LogP contribution is -2.32. The van der Waals surface area contributed by atoms with Crippen molar-refractivity contribution >= 4 is 38.8 Å². The Bertz CT molecular complexity index is 1180. The van der Waals surface area contributed by atoms with Crippen LogP contribution in [-0.4, -0.2) is 25.8 Å². The first-order valence-corrected chi connectivity index (χ1v) is 12.2.